The maximum atomic E-state index is 12.1. The van der Waals surface area contributed by atoms with E-state index < -0.39 is 60.5 Å². The monoisotopic (exact) mass is 983 g/mol. The summed E-state index contributed by atoms with van der Waals surface area (Å²) in [4.78, 5) is 60.4. The van der Waals surface area contributed by atoms with Crippen molar-refractivity contribution in [1.82, 2.24) is 16.0 Å². The van der Waals surface area contributed by atoms with Gasteiger partial charge in [-0.05, 0) is 52.8 Å². The van der Waals surface area contributed by atoms with Crippen LogP contribution in [-0.4, -0.2) is 160 Å². The zero-order valence-electron chi connectivity index (χ0n) is 33.3. The first-order valence-corrected chi connectivity index (χ1v) is 27.6. The highest BCUT2D eigenvalue weighted by Crippen LogP contribution is 2.66. The second-order valence-corrected chi connectivity index (χ2v) is 22.3. The summed E-state index contributed by atoms with van der Waals surface area (Å²) in [5, 5.41) is 8.17. The minimum atomic E-state index is -5.66. The summed E-state index contributed by atoms with van der Waals surface area (Å²) >= 11 is 0. The highest BCUT2D eigenvalue weighted by molar-refractivity contribution is 8.77. The number of hydrogen-bond acceptors (Lipinski definition) is 20. The molecule has 5 atom stereocenters. The minimum absolute atomic E-state index is 0.00287. The third kappa shape index (κ3) is 33.0. The standard InChI is InChI=1S/C29H57BN3O19P3S4/c1-29(2,8-15-47-28(35)33-12-17-44-19-18-43-16-11-31-3)59-58-22-45-13-5-6-14-46-27(34)32-10-7-9-30-26-20-24(48-23-57-56-4)25(50-26)21-49-54(39,40)52-55(41,42)51-53(36,37)38/h24-26,30-31H,5-6,8,10-23H2,1-4H3,(H,32,34)(H,33,35)(H,39,40)(H,41,42)(H2,36,37,38)/t24-,25+,26+/m0/s1. The molecule has 0 saturated carbocycles. The molecule has 0 radical (unpaired) electrons. The summed E-state index contributed by atoms with van der Waals surface area (Å²) in [6.45, 7) is 7.52. The van der Waals surface area contributed by atoms with Gasteiger partial charge >= 0.3 is 35.7 Å². The third-order valence-corrected chi connectivity index (χ3v) is 15.3. The highest BCUT2D eigenvalue weighted by Gasteiger charge is 2.43. The molecule has 0 aromatic rings. The highest BCUT2D eigenvalue weighted by atomic mass is 33.1. The van der Waals surface area contributed by atoms with E-state index in [1.54, 1.807) is 21.6 Å². The molecule has 59 heavy (non-hydrogen) atoms. The SMILES string of the molecule is CNCCOCCOCCNC(=O)OCCC(C)(C)SSCOCCCCOC(=O)NCC#CB[C@H]1C[C@H](OCSSC)[C@@H](COP(=O)(O)OP(=O)(O)OP(=O)(O)O)O1. The van der Waals surface area contributed by atoms with Crippen LogP contribution in [0.15, 0.2) is 0 Å². The Bertz CT molecular complexity index is 1400. The van der Waals surface area contributed by atoms with E-state index in [1.807, 2.05) is 13.3 Å². The van der Waals surface area contributed by atoms with Crippen LogP contribution in [-0.2, 0) is 60.0 Å². The Morgan fingerprint density at radius 3 is 2.22 bits per heavy atom. The average molecular weight is 984 g/mol. The number of hydrogen-bond donors (Lipinski definition) is 7. The van der Waals surface area contributed by atoms with Gasteiger partial charge in [0.05, 0.1) is 58.9 Å². The van der Waals surface area contributed by atoms with Crippen molar-refractivity contribution in [1.29, 1.82) is 0 Å². The first-order valence-electron chi connectivity index (χ1n) is 18.0. The minimum Gasteiger partial charge on any atom is -0.450 e. The van der Waals surface area contributed by atoms with Crippen molar-refractivity contribution < 1.29 is 89.2 Å². The Morgan fingerprint density at radius 1 is 0.847 bits per heavy atom. The van der Waals surface area contributed by atoms with Crippen LogP contribution in [0.4, 0.5) is 9.59 Å². The lowest BCUT2D eigenvalue weighted by molar-refractivity contribution is -0.0240. The fourth-order valence-electron chi connectivity index (χ4n) is 4.26. The lowest BCUT2D eigenvalue weighted by Crippen LogP contribution is -2.29. The van der Waals surface area contributed by atoms with Crippen LogP contribution in [0.5, 0.6) is 0 Å². The van der Waals surface area contributed by atoms with Crippen LogP contribution < -0.4 is 16.0 Å². The molecule has 2 amide bonds. The summed E-state index contributed by atoms with van der Waals surface area (Å²) in [6, 6.07) is -0.500. The molecule has 1 aliphatic rings. The fourth-order valence-corrected chi connectivity index (χ4v) is 10.3. The first-order chi connectivity index (χ1) is 27.9. The van der Waals surface area contributed by atoms with Crippen LogP contribution in [0, 0.1) is 11.7 Å². The molecular formula is C29H57BN3O19P3S4. The van der Waals surface area contributed by atoms with E-state index >= 15 is 0 Å². The second kappa shape index (κ2) is 32.4. The number of carbonyl (C=O) groups is 2. The van der Waals surface area contributed by atoms with Gasteiger partial charge in [0, 0.05) is 30.4 Å². The number of carbonyl (C=O) groups excluding carboxylic acids is 2. The van der Waals surface area contributed by atoms with Crippen molar-refractivity contribution in [3.8, 4) is 11.7 Å². The number of alkyl carbamates (subject to hydrolysis) is 2. The van der Waals surface area contributed by atoms with E-state index in [1.165, 1.54) is 21.6 Å². The molecule has 7 N–H and O–H groups in total. The molecule has 1 fully saturated rings. The number of ether oxygens (including phenoxy) is 7. The van der Waals surface area contributed by atoms with Gasteiger partial charge in [0.2, 0.25) is 7.28 Å². The molecule has 30 heteroatoms. The lowest BCUT2D eigenvalue weighted by Gasteiger charge is -2.22. The Kier molecular flexibility index (Phi) is 31.2. The molecule has 22 nitrogen and oxygen atoms in total. The zero-order chi connectivity index (χ0) is 44.0. The van der Waals surface area contributed by atoms with Gasteiger partial charge < -0.3 is 68.7 Å². The van der Waals surface area contributed by atoms with Gasteiger partial charge in [0.25, 0.3) is 0 Å². The predicted octanol–water partition coefficient (Wildman–Crippen LogP) is 3.21. The first kappa shape index (κ1) is 56.8. The molecule has 1 rings (SSSR count). The Morgan fingerprint density at radius 2 is 1.53 bits per heavy atom. The van der Waals surface area contributed by atoms with Gasteiger partial charge in [0.1, 0.15) is 18.0 Å². The van der Waals surface area contributed by atoms with Gasteiger partial charge in [-0.15, -0.1) is 0 Å². The second-order valence-electron chi connectivity index (χ2n) is 12.4. The lowest BCUT2D eigenvalue weighted by atomic mass is 9.71. The van der Waals surface area contributed by atoms with E-state index in [-0.39, 0.29) is 37.7 Å². The van der Waals surface area contributed by atoms with Crippen LogP contribution in [0.25, 0.3) is 0 Å². The largest absolute Gasteiger partial charge is 0.490 e. The smallest absolute Gasteiger partial charge is 0.450 e. The van der Waals surface area contributed by atoms with Crippen LogP contribution in [0.2, 0.25) is 0 Å². The van der Waals surface area contributed by atoms with Crippen LogP contribution in [0.1, 0.15) is 39.5 Å². The molecule has 1 aliphatic heterocycles. The fraction of sp³-hybridized carbons (Fsp3) is 0.862. The van der Waals surface area contributed by atoms with Crippen molar-refractivity contribution in [2.24, 2.45) is 0 Å². The molecule has 0 spiro atoms. The molecule has 0 aliphatic carbocycles. The molecule has 0 bridgehead atoms. The van der Waals surface area contributed by atoms with Gasteiger partial charge in [-0.2, -0.15) is 14.4 Å². The topological polar surface area (TPSA) is 295 Å². The average Bonchev–Trinajstić information content (AvgIpc) is 3.52. The van der Waals surface area contributed by atoms with Gasteiger partial charge in [-0.1, -0.05) is 49.1 Å². The Balaban J connectivity index is 2.18. The number of unbranched alkanes of at least 4 members (excludes halogenated alkanes) is 1. The van der Waals surface area contributed by atoms with Crippen molar-refractivity contribution >= 4 is 86.1 Å². The number of phosphoric acid groups is 3. The van der Waals surface area contributed by atoms with E-state index in [0.717, 1.165) is 6.54 Å². The number of rotatable bonds is 34. The number of likely N-dealkylation sites (N-methyl/N-ethyl adjacent to an activating group) is 1. The summed E-state index contributed by atoms with van der Waals surface area (Å²) in [5.74, 6) is 6.36. The predicted molar refractivity (Wildman–Crippen MR) is 227 cm³/mol. The summed E-state index contributed by atoms with van der Waals surface area (Å²) in [5.41, 5.74) is 0. The summed E-state index contributed by atoms with van der Waals surface area (Å²) in [6.07, 6.45) is 1.41. The normalized spacial score (nSPS) is 18.9. The van der Waals surface area contributed by atoms with Crippen molar-refractivity contribution in [2.45, 2.75) is 62.5 Å². The van der Waals surface area contributed by atoms with Crippen LogP contribution >= 0.6 is 66.6 Å². The maximum Gasteiger partial charge on any atom is 0.490 e. The molecule has 2 unspecified atom stereocenters. The van der Waals surface area contributed by atoms with Crippen molar-refractivity contribution in [2.75, 3.05) is 97.7 Å². The van der Waals surface area contributed by atoms with E-state index in [4.69, 9.17) is 47.5 Å². The number of amides is 2. The number of phosphoric ester groups is 1. The Hall–Kier alpha value is -0.265. The van der Waals surface area contributed by atoms with Gasteiger partial charge in [-0.3, -0.25) is 4.52 Å². The molecule has 1 saturated heterocycles. The van der Waals surface area contributed by atoms with E-state index in [0.29, 0.717) is 71.2 Å². The molecule has 1 heterocycles. The van der Waals surface area contributed by atoms with Gasteiger partial charge in [-0.25, -0.2) is 23.3 Å². The molecule has 0 aromatic carbocycles. The van der Waals surface area contributed by atoms with E-state index in [2.05, 4.69) is 50.2 Å². The quantitative estimate of drug-likeness (QED) is 0.0122. The summed E-state index contributed by atoms with van der Waals surface area (Å²) < 4.78 is 85.0. The molecular weight excluding hydrogens is 926 g/mol. The molecule has 0 aromatic heterocycles. The maximum absolute atomic E-state index is 12.1. The summed E-state index contributed by atoms with van der Waals surface area (Å²) in [7, 11) is -8.45. The number of nitrogens with one attached hydrogen (secondary N) is 3. The zero-order valence-corrected chi connectivity index (χ0v) is 39.3. The third-order valence-electron chi connectivity index (χ3n) is 6.97. The van der Waals surface area contributed by atoms with Crippen molar-refractivity contribution in [3.63, 3.8) is 0 Å². The molecule has 344 valence electrons. The van der Waals surface area contributed by atoms with E-state index in [9.17, 15) is 33.1 Å². The van der Waals surface area contributed by atoms with Crippen molar-refractivity contribution in [3.05, 3.63) is 0 Å². The van der Waals surface area contributed by atoms with Crippen LogP contribution in [0.3, 0.4) is 0 Å². The Labute approximate surface area is 361 Å². The van der Waals surface area contributed by atoms with Gasteiger partial charge in [0.15, 0.2) is 0 Å².